The third-order valence-corrected chi connectivity index (χ3v) is 6.54. The Kier molecular flexibility index (Phi) is 12.8. The zero-order valence-corrected chi connectivity index (χ0v) is 21.2. The van der Waals surface area contributed by atoms with Crippen LogP contribution in [0.3, 0.4) is 0 Å². The van der Waals surface area contributed by atoms with Crippen molar-refractivity contribution in [3.05, 3.63) is 59.7 Å². The largest absolute Gasteiger partial charge is 0.330 e. The van der Waals surface area contributed by atoms with Gasteiger partial charge < -0.3 is 11.1 Å². The van der Waals surface area contributed by atoms with Crippen molar-refractivity contribution in [1.29, 1.82) is 0 Å². The highest BCUT2D eigenvalue weighted by Gasteiger charge is 2.27. The van der Waals surface area contributed by atoms with E-state index in [0.29, 0.717) is 0 Å². The van der Waals surface area contributed by atoms with Crippen LogP contribution < -0.4 is 15.8 Å². The zero-order valence-electron chi connectivity index (χ0n) is 18.8. The van der Waals surface area contributed by atoms with Gasteiger partial charge in [0.2, 0.25) is 10.0 Å². The first-order chi connectivity index (χ1) is 14.5. The van der Waals surface area contributed by atoms with Crippen LogP contribution in [-0.4, -0.2) is 39.8 Å². The average Bonchev–Trinajstić information content (AvgIpc) is 2.72. The molecule has 0 aliphatic carbocycles. The lowest BCUT2D eigenvalue weighted by molar-refractivity contribution is 0.329. The molecular formula is C24H37Cl2N3O2S. The predicted molar refractivity (Wildman–Crippen MR) is 139 cm³/mol. The van der Waals surface area contributed by atoms with Crippen molar-refractivity contribution in [3.8, 4) is 11.1 Å². The topological polar surface area (TPSA) is 84.2 Å². The van der Waals surface area contributed by atoms with Crippen molar-refractivity contribution >= 4 is 34.8 Å². The molecule has 32 heavy (non-hydrogen) atoms. The normalized spacial score (nSPS) is 18.4. The van der Waals surface area contributed by atoms with E-state index in [1.807, 2.05) is 0 Å². The van der Waals surface area contributed by atoms with E-state index in [1.54, 1.807) is 0 Å². The lowest BCUT2D eigenvalue weighted by atomic mass is 9.91. The number of hydrogen-bond acceptors (Lipinski definition) is 4. The second-order valence-corrected chi connectivity index (χ2v) is 10.1. The second kappa shape index (κ2) is 14.2. The third kappa shape index (κ3) is 9.00. The van der Waals surface area contributed by atoms with Crippen LogP contribution in [0.1, 0.15) is 43.2 Å². The molecule has 1 aliphatic rings. The number of rotatable bonds is 10. The van der Waals surface area contributed by atoms with Crippen molar-refractivity contribution in [2.45, 2.75) is 57.0 Å². The Morgan fingerprint density at radius 1 is 1.06 bits per heavy atom. The summed E-state index contributed by atoms with van der Waals surface area (Å²) in [6.07, 6.45) is 8.35. The maximum atomic E-state index is 11.8. The van der Waals surface area contributed by atoms with Crippen LogP contribution >= 0.6 is 24.8 Å². The van der Waals surface area contributed by atoms with E-state index in [9.17, 15) is 8.42 Å². The molecule has 5 nitrogen and oxygen atoms in total. The van der Waals surface area contributed by atoms with Crippen molar-refractivity contribution in [2.75, 3.05) is 19.3 Å². The molecule has 0 saturated carbocycles. The fraction of sp³-hybridized carbons (Fsp3) is 0.500. The van der Waals surface area contributed by atoms with Crippen LogP contribution in [0.5, 0.6) is 0 Å². The molecule has 1 fully saturated rings. The second-order valence-electron chi connectivity index (χ2n) is 8.36. The van der Waals surface area contributed by atoms with E-state index in [1.165, 1.54) is 28.5 Å². The number of nitrogens with one attached hydrogen (secondary N) is 2. The summed E-state index contributed by atoms with van der Waals surface area (Å²) < 4.78 is 26.3. The van der Waals surface area contributed by atoms with Gasteiger partial charge in [-0.2, -0.15) is 0 Å². The van der Waals surface area contributed by atoms with Gasteiger partial charge in [-0.05, 0) is 73.9 Å². The highest BCUT2D eigenvalue weighted by Crippen LogP contribution is 2.27. The SMILES string of the molecule is CS(=O)(=O)NC1CCCNC1Cc1cccc(-c2ccccc2CCCCCN)c1.Cl.Cl. The molecule has 0 aromatic heterocycles. The number of sulfonamides is 1. The number of benzene rings is 2. The number of halogens is 2. The van der Waals surface area contributed by atoms with E-state index < -0.39 is 10.0 Å². The van der Waals surface area contributed by atoms with Gasteiger partial charge in [0.25, 0.3) is 0 Å². The van der Waals surface area contributed by atoms with Gasteiger partial charge in [0.05, 0.1) is 6.26 Å². The Labute approximate surface area is 205 Å². The Hall–Kier alpha value is -1.15. The summed E-state index contributed by atoms with van der Waals surface area (Å²) in [7, 11) is -3.22. The van der Waals surface area contributed by atoms with Gasteiger partial charge in [0.1, 0.15) is 0 Å². The summed E-state index contributed by atoms with van der Waals surface area (Å²) in [5.41, 5.74) is 10.7. The van der Waals surface area contributed by atoms with Crippen molar-refractivity contribution < 1.29 is 8.42 Å². The molecule has 0 radical (unpaired) electrons. The first-order valence-corrected chi connectivity index (χ1v) is 12.9. The molecule has 180 valence electrons. The van der Waals surface area contributed by atoms with Crippen molar-refractivity contribution in [3.63, 3.8) is 0 Å². The summed E-state index contributed by atoms with van der Waals surface area (Å²) in [5.74, 6) is 0. The average molecular weight is 503 g/mol. The van der Waals surface area contributed by atoms with Crippen LogP contribution in [0, 0.1) is 0 Å². The molecule has 8 heteroatoms. The minimum Gasteiger partial charge on any atom is -0.330 e. The highest BCUT2D eigenvalue weighted by molar-refractivity contribution is 7.88. The minimum atomic E-state index is -3.22. The Bertz CT molecular complexity index is 925. The highest BCUT2D eigenvalue weighted by atomic mass is 35.5. The first kappa shape index (κ1) is 28.9. The third-order valence-electron chi connectivity index (χ3n) is 5.81. The fourth-order valence-corrected chi connectivity index (χ4v) is 5.19. The van der Waals surface area contributed by atoms with Crippen LogP contribution in [0.4, 0.5) is 0 Å². The summed E-state index contributed by atoms with van der Waals surface area (Å²) >= 11 is 0. The van der Waals surface area contributed by atoms with Gasteiger partial charge in [-0.15, -0.1) is 24.8 Å². The molecule has 0 amide bonds. The first-order valence-electron chi connectivity index (χ1n) is 11.0. The summed E-state index contributed by atoms with van der Waals surface area (Å²) in [6.45, 7) is 1.69. The van der Waals surface area contributed by atoms with E-state index in [4.69, 9.17) is 5.73 Å². The van der Waals surface area contributed by atoms with Gasteiger partial charge in [-0.3, -0.25) is 0 Å². The molecule has 3 rings (SSSR count). The van der Waals surface area contributed by atoms with Crippen LogP contribution in [0.2, 0.25) is 0 Å². The molecule has 2 aromatic rings. The summed E-state index contributed by atoms with van der Waals surface area (Å²) in [6, 6.07) is 17.3. The Balaban J connectivity index is 0.00000256. The lowest BCUT2D eigenvalue weighted by Gasteiger charge is -2.33. The molecule has 2 unspecified atom stereocenters. The summed E-state index contributed by atoms with van der Waals surface area (Å²) in [4.78, 5) is 0. The number of hydrogen-bond donors (Lipinski definition) is 3. The lowest BCUT2D eigenvalue weighted by Crippen LogP contribution is -2.54. The molecular weight excluding hydrogens is 465 g/mol. The quantitative estimate of drug-likeness (QED) is 0.428. The number of aryl methyl sites for hydroxylation is 1. The van der Waals surface area contributed by atoms with Crippen LogP contribution in [0.25, 0.3) is 11.1 Å². The molecule has 1 saturated heterocycles. The van der Waals surface area contributed by atoms with Gasteiger partial charge in [0.15, 0.2) is 0 Å². The molecule has 2 atom stereocenters. The van der Waals surface area contributed by atoms with E-state index in [0.717, 1.165) is 58.0 Å². The van der Waals surface area contributed by atoms with Crippen molar-refractivity contribution in [1.82, 2.24) is 10.0 Å². The maximum Gasteiger partial charge on any atom is 0.209 e. The number of nitrogens with two attached hydrogens (primary N) is 1. The van der Waals surface area contributed by atoms with Crippen molar-refractivity contribution in [2.24, 2.45) is 5.73 Å². The Morgan fingerprint density at radius 3 is 2.59 bits per heavy atom. The molecule has 1 aliphatic heterocycles. The summed E-state index contributed by atoms with van der Waals surface area (Å²) in [5, 5.41) is 3.51. The number of piperidine rings is 1. The number of unbranched alkanes of at least 4 members (excludes halogenated alkanes) is 2. The Morgan fingerprint density at radius 2 is 1.84 bits per heavy atom. The molecule has 1 heterocycles. The standard InChI is InChI=1S/C24H35N3O2S.2ClH/c1-30(28,29)27-23-14-8-16-26-24(23)18-19-9-7-12-21(17-19)22-13-5-4-11-20(22)10-3-2-6-15-25;;/h4-5,7,9,11-13,17,23-24,26-27H,2-3,6,8,10,14-16,18,25H2,1H3;2*1H. The van der Waals surface area contributed by atoms with E-state index >= 15 is 0 Å². The smallest absolute Gasteiger partial charge is 0.209 e. The van der Waals surface area contributed by atoms with Gasteiger partial charge in [-0.1, -0.05) is 55.0 Å². The fourth-order valence-electron chi connectivity index (χ4n) is 4.36. The minimum absolute atomic E-state index is 0. The zero-order chi connectivity index (χ0) is 21.4. The molecule has 4 N–H and O–H groups in total. The molecule has 0 bridgehead atoms. The van der Waals surface area contributed by atoms with E-state index in [-0.39, 0.29) is 36.9 Å². The van der Waals surface area contributed by atoms with E-state index in [2.05, 4.69) is 58.6 Å². The molecule has 2 aromatic carbocycles. The van der Waals surface area contributed by atoms with Gasteiger partial charge in [-0.25, -0.2) is 13.1 Å². The van der Waals surface area contributed by atoms with Gasteiger partial charge >= 0.3 is 0 Å². The van der Waals surface area contributed by atoms with Gasteiger partial charge in [0, 0.05) is 12.1 Å². The predicted octanol–water partition coefficient (Wildman–Crippen LogP) is 4.08. The van der Waals surface area contributed by atoms with Crippen LogP contribution in [0.15, 0.2) is 48.5 Å². The monoisotopic (exact) mass is 501 g/mol. The molecule has 0 spiro atoms. The maximum absolute atomic E-state index is 11.8. The van der Waals surface area contributed by atoms with Crippen LogP contribution in [-0.2, 0) is 22.9 Å².